The number of nitrogens with zero attached hydrogens (tertiary/aromatic N) is 1. The second-order valence-electron chi connectivity index (χ2n) is 7.66. The highest BCUT2D eigenvalue weighted by atomic mass is 15.1. The summed E-state index contributed by atoms with van der Waals surface area (Å²) in [5, 5.41) is 2.61. The highest BCUT2D eigenvalue weighted by Gasteiger charge is 2.30. The maximum atomic E-state index is 6.28. The molecule has 0 spiro atoms. The Balaban J connectivity index is 1.57. The van der Waals surface area contributed by atoms with Gasteiger partial charge in [0.25, 0.3) is 0 Å². The first kappa shape index (κ1) is 17.8. The van der Waals surface area contributed by atoms with E-state index in [9.17, 15) is 0 Å². The van der Waals surface area contributed by atoms with Crippen LogP contribution in [0.1, 0.15) is 38.2 Å². The molecule has 1 fully saturated rings. The summed E-state index contributed by atoms with van der Waals surface area (Å²) in [5.41, 5.74) is 8.74. The van der Waals surface area contributed by atoms with Crippen molar-refractivity contribution in [3.8, 4) is 0 Å². The van der Waals surface area contributed by atoms with Gasteiger partial charge in [0.2, 0.25) is 0 Å². The van der Waals surface area contributed by atoms with Gasteiger partial charge >= 0.3 is 0 Å². The minimum Gasteiger partial charge on any atom is -0.372 e. The number of nitrogens with two attached hydrogens (primary N) is 1. The van der Waals surface area contributed by atoms with E-state index in [2.05, 4.69) is 80.1 Å². The van der Waals surface area contributed by atoms with Crippen LogP contribution in [0.5, 0.6) is 0 Å². The Bertz CT molecular complexity index is 771. The van der Waals surface area contributed by atoms with E-state index >= 15 is 0 Å². The highest BCUT2D eigenvalue weighted by molar-refractivity contribution is 5.82. The van der Waals surface area contributed by atoms with Gasteiger partial charge in [-0.25, -0.2) is 0 Å². The first-order valence-corrected chi connectivity index (χ1v) is 9.32. The Morgan fingerprint density at radius 2 is 1.96 bits per heavy atom. The van der Waals surface area contributed by atoms with Gasteiger partial charge in [-0.1, -0.05) is 55.1 Å². The molecule has 0 aromatic heterocycles. The van der Waals surface area contributed by atoms with Crippen LogP contribution in [-0.2, 0) is 6.42 Å². The maximum absolute atomic E-state index is 6.28. The molecule has 0 radical (unpaired) electrons. The van der Waals surface area contributed by atoms with Crippen LogP contribution in [0, 0.1) is 0 Å². The topological polar surface area (TPSA) is 29.3 Å². The second kappa shape index (κ2) is 7.45. The summed E-state index contributed by atoms with van der Waals surface area (Å²) in [7, 11) is 2.12. The van der Waals surface area contributed by atoms with Crippen molar-refractivity contribution in [2.45, 2.75) is 50.6 Å². The molecule has 0 bridgehead atoms. The Labute approximate surface area is 152 Å². The molecule has 1 saturated carbocycles. The van der Waals surface area contributed by atoms with E-state index in [-0.39, 0.29) is 5.54 Å². The molecule has 25 heavy (non-hydrogen) atoms. The van der Waals surface area contributed by atoms with Gasteiger partial charge in [-0.05, 0) is 61.4 Å². The zero-order chi connectivity index (χ0) is 17.9. The van der Waals surface area contributed by atoms with Crippen molar-refractivity contribution >= 4 is 10.8 Å². The highest BCUT2D eigenvalue weighted by Crippen LogP contribution is 2.32. The van der Waals surface area contributed by atoms with Crippen LogP contribution in [0.15, 0.2) is 66.9 Å². The smallest absolute Gasteiger partial charge is 0.0298 e. The zero-order valence-corrected chi connectivity index (χ0v) is 15.5. The number of benzene rings is 2. The molecule has 0 unspecified atom stereocenters. The summed E-state index contributed by atoms with van der Waals surface area (Å²) in [6.07, 6.45) is 9.86. The lowest BCUT2D eigenvalue weighted by Gasteiger charge is -2.37. The van der Waals surface area contributed by atoms with Crippen LogP contribution >= 0.6 is 0 Å². The molecule has 2 nitrogen and oxygen atoms in total. The fraction of sp³-hybridized carbons (Fsp3) is 0.391. The average molecular weight is 335 g/mol. The third-order valence-corrected chi connectivity index (χ3v) is 5.64. The van der Waals surface area contributed by atoms with Gasteiger partial charge in [0.05, 0.1) is 0 Å². The Kier molecular flexibility index (Phi) is 5.29. The normalized spacial score (nSPS) is 17.4. The van der Waals surface area contributed by atoms with E-state index in [1.807, 2.05) is 0 Å². The summed E-state index contributed by atoms with van der Waals surface area (Å²) >= 11 is 0. The lowest BCUT2D eigenvalue weighted by molar-refractivity contribution is 0.251. The van der Waals surface area contributed by atoms with Crippen molar-refractivity contribution in [1.29, 1.82) is 0 Å². The number of fused-ring (bicyclic) bond motifs is 1. The van der Waals surface area contributed by atoms with Gasteiger partial charge in [-0.3, -0.25) is 0 Å². The van der Waals surface area contributed by atoms with Gasteiger partial charge < -0.3 is 10.6 Å². The van der Waals surface area contributed by atoms with Crippen molar-refractivity contribution in [3.63, 3.8) is 0 Å². The monoisotopic (exact) mass is 334 g/mol. The number of allylic oxidation sites excluding steroid dienone is 1. The van der Waals surface area contributed by atoms with Crippen molar-refractivity contribution in [2.75, 3.05) is 7.05 Å². The molecule has 0 amide bonds. The average Bonchev–Trinajstić information content (AvgIpc) is 2.59. The molecular formula is C23H30N2. The third kappa shape index (κ3) is 4.32. The first-order chi connectivity index (χ1) is 12.0. The maximum Gasteiger partial charge on any atom is 0.0298 e. The third-order valence-electron chi connectivity index (χ3n) is 5.64. The molecule has 0 saturated heterocycles. The van der Waals surface area contributed by atoms with Crippen molar-refractivity contribution in [1.82, 2.24) is 4.90 Å². The van der Waals surface area contributed by atoms with E-state index < -0.39 is 0 Å². The molecule has 132 valence electrons. The number of rotatable bonds is 7. The van der Waals surface area contributed by atoms with E-state index in [0.29, 0.717) is 6.04 Å². The summed E-state index contributed by atoms with van der Waals surface area (Å²) < 4.78 is 0. The van der Waals surface area contributed by atoms with Gasteiger partial charge in [0, 0.05) is 24.3 Å². The molecule has 3 rings (SSSR count). The number of hydrogen-bond donors (Lipinski definition) is 1. The van der Waals surface area contributed by atoms with Crippen molar-refractivity contribution in [2.24, 2.45) is 5.73 Å². The quantitative estimate of drug-likeness (QED) is 0.718. The van der Waals surface area contributed by atoms with Crippen LogP contribution in [0.4, 0.5) is 0 Å². The molecule has 2 heteroatoms. The van der Waals surface area contributed by atoms with E-state index in [4.69, 9.17) is 5.73 Å². The van der Waals surface area contributed by atoms with Gasteiger partial charge in [-0.2, -0.15) is 0 Å². The minimum atomic E-state index is 0.0477. The molecule has 0 aliphatic heterocycles. The fourth-order valence-corrected chi connectivity index (χ4v) is 3.51. The molecule has 2 aromatic carbocycles. The molecule has 1 aliphatic rings. The largest absolute Gasteiger partial charge is 0.372 e. The SMILES string of the molecule is C=C(/C=C/CC1(N)CCC1)N(C)[C@@H](C)Cc1ccc2ccccc2c1. The molecule has 2 N–H and O–H groups in total. The van der Waals surface area contributed by atoms with Crippen LogP contribution in [0.3, 0.4) is 0 Å². The minimum absolute atomic E-state index is 0.0477. The standard InChI is InChI=1S/C23H30N2/c1-18(8-6-13-23(24)14-7-15-23)25(3)19(2)16-20-11-12-21-9-4-5-10-22(21)17-20/h4-6,8-12,17,19H,1,7,13-16,24H2,2-3H3/b8-6+/t19-/m0/s1. The lowest BCUT2D eigenvalue weighted by atomic mass is 9.75. The van der Waals surface area contributed by atoms with Gasteiger partial charge in [-0.15, -0.1) is 0 Å². The predicted molar refractivity (Wildman–Crippen MR) is 109 cm³/mol. The summed E-state index contributed by atoms with van der Waals surface area (Å²) in [6.45, 7) is 6.48. The summed E-state index contributed by atoms with van der Waals surface area (Å²) in [5.74, 6) is 0. The summed E-state index contributed by atoms with van der Waals surface area (Å²) in [6, 6.07) is 15.7. The lowest BCUT2D eigenvalue weighted by Crippen LogP contribution is -2.45. The van der Waals surface area contributed by atoms with Crippen LogP contribution in [0.2, 0.25) is 0 Å². The van der Waals surface area contributed by atoms with Crippen LogP contribution in [0.25, 0.3) is 10.8 Å². The molecule has 1 aliphatic carbocycles. The van der Waals surface area contributed by atoms with E-state index in [1.54, 1.807) is 0 Å². The Morgan fingerprint density at radius 3 is 2.64 bits per heavy atom. The van der Waals surface area contributed by atoms with E-state index in [0.717, 1.165) is 31.4 Å². The molecule has 1 atom stereocenters. The predicted octanol–water partition coefficient (Wildman–Crippen LogP) is 5.04. The molecule has 0 heterocycles. The zero-order valence-electron chi connectivity index (χ0n) is 15.5. The van der Waals surface area contributed by atoms with E-state index in [1.165, 1.54) is 22.8 Å². The van der Waals surface area contributed by atoms with Crippen molar-refractivity contribution < 1.29 is 0 Å². The molecule has 2 aromatic rings. The number of hydrogen-bond acceptors (Lipinski definition) is 2. The Morgan fingerprint density at radius 1 is 1.24 bits per heavy atom. The Hall–Kier alpha value is -2.06. The van der Waals surface area contributed by atoms with Crippen LogP contribution in [-0.4, -0.2) is 23.5 Å². The number of likely N-dealkylation sites (N-methyl/N-ethyl adjacent to an activating group) is 1. The summed E-state index contributed by atoms with van der Waals surface area (Å²) in [4.78, 5) is 2.26. The van der Waals surface area contributed by atoms with Gasteiger partial charge in [0.1, 0.15) is 0 Å². The molecular weight excluding hydrogens is 304 g/mol. The van der Waals surface area contributed by atoms with Crippen molar-refractivity contribution in [3.05, 3.63) is 72.5 Å². The second-order valence-corrected chi connectivity index (χ2v) is 7.66. The fourth-order valence-electron chi connectivity index (χ4n) is 3.51. The van der Waals surface area contributed by atoms with Gasteiger partial charge in [0.15, 0.2) is 0 Å². The first-order valence-electron chi connectivity index (χ1n) is 9.32. The van der Waals surface area contributed by atoms with Crippen LogP contribution < -0.4 is 5.73 Å².